The van der Waals surface area contributed by atoms with Crippen LogP contribution in [0.4, 0.5) is 5.82 Å². The quantitative estimate of drug-likeness (QED) is 0.574. The molecule has 0 spiro atoms. The van der Waals surface area contributed by atoms with Gasteiger partial charge in [0.15, 0.2) is 11.5 Å². The molecule has 0 saturated heterocycles. The molecule has 2 aromatic heterocycles. The Morgan fingerprint density at radius 3 is 3.15 bits per heavy atom. The molecular formula is C13H12N6O. The van der Waals surface area contributed by atoms with Gasteiger partial charge in [-0.2, -0.15) is 9.62 Å². The second-order valence-electron chi connectivity index (χ2n) is 4.00. The van der Waals surface area contributed by atoms with E-state index in [1.165, 1.54) is 6.33 Å². The summed E-state index contributed by atoms with van der Waals surface area (Å²) >= 11 is 0. The first-order valence-electron chi connectivity index (χ1n) is 5.95. The van der Waals surface area contributed by atoms with Gasteiger partial charge in [-0.1, -0.05) is 12.1 Å². The highest BCUT2D eigenvalue weighted by atomic mass is 16.5. The fraction of sp³-hybridized carbons (Fsp3) is 0.0769. The lowest BCUT2D eigenvalue weighted by Gasteiger charge is -2.01. The second-order valence-corrected chi connectivity index (χ2v) is 4.00. The van der Waals surface area contributed by atoms with Gasteiger partial charge < -0.3 is 4.74 Å². The van der Waals surface area contributed by atoms with Crippen LogP contribution < -0.4 is 10.2 Å². The third kappa shape index (κ3) is 2.56. The molecular weight excluding hydrogens is 256 g/mol. The Hall–Kier alpha value is -2.96. The molecule has 7 nitrogen and oxygen atoms in total. The lowest BCUT2D eigenvalue weighted by Crippen LogP contribution is -1.98. The van der Waals surface area contributed by atoms with Gasteiger partial charge >= 0.3 is 0 Å². The largest absolute Gasteiger partial charge is 0.497 e. The first-order chi connectivity index (χ1) is 9.85. The predicted octanol–water partition coefficient (Wildman–Crippen LogP) is 1.58. The van der Waals surface area contributed by atoms with Crippen LogP contribution in [0.5, 0.6) is 5.75 Å². The maximum absolute atomic E-state index is 5.15. The number of methoxy groups -OCH3 is 1. The van der Waals surface area contributed by atoms with E-state index < -0.39 is 0 Å². The van der Waals surface area contributed by atoms with Crippen molar-refractivity contribution in [1.29, 1.82) is 0 Å². The monoisotopic (exact) mass is 268 g/mol. The third-order valence-corrected chi connectivity index (χ3v) is 2.65. The summed E-state index contributed by atoms with van der Waals surface area (Å²) in [5, 5.41) is 16.0. The standard InChI is InChI=1S/C13H12N6O/c1-20-11-4-2-3-10(7-11)8-14-16-12-5-6-13-17-15-9-19(13)18-12/h2-9H,1H3,(H,16,18). The van der Waals surface area contributed by atoms with Gasteiger partial charge in [0.1, 0.15) is 12.1 Å². The fourth-order valence-corrected chi connectivity index (χ4v) is 1.68. The molecule has 3 aromatic rings. The van der Waals surface area contributed by atoms with Crippen molar-refractivity contribution >= 4 is 17.7 Å². The lowest BCUT2D eigenvalue weighted by atomic mass is 10.2. The number of ether oxygens (including phenoxy) is 1. The Balaban J connectivity index is 1.72. The summed E-state index contributed by atoms with van der Waals surface area (Å²) in [5.41, 5.74) is 4.47. The Morgan fingerprint density at radius 2 is 2.25 bits per heavy atom. The number of nitrogens with zero attached hydrogens (tertiary/aromatic N) is 5. The zero-order valence-corrected chi connectivity index (χ0v) is 10.8. The summed E-state index contributed by atoms with van der Waals surface area (Å²) in [6.45, 7) is 0. The number of nitrogens with one attached hydrogen (secondary N) is 1. The second kappa shape index (κ2) is 5.35. The van der Waals surface area contributed by atoms with Crippen molar-refractivity contribution < 1.29 is 4.74 Å². The van der Waals surface area contributed by atoms with Crippen LogP contribution in [0.1, 0.15) is 5.56 Å². The molecule has 0 radical (unpaired) electrons. The summed E-state index contributed by atoms with van der Waals surface area (Å²) in [7, 11) is 1.63. The highest BCUT2D eigenvalue weighted by Crippen LogP contribution is 2.11. The Kier molecular flexibility index (Phi) is 3.24. The summed E-state index contributed by atoms with van der Waals surface area (Å²) in [6.07, 6.45) is 3.23. The molecule has 0 fully saturated rings. The van der Waals surface area contributed by atoms with E-state index in [0.717, 1.165) is 11.3 Å². The van der Waals surface area contributed by atoms with Crippen molar-refractivity contribution in [3.8, 4) is 5.75 Å². The molecule has 0 aliphatic heterocycles. The van der Waals surface area contributed by atoms with Gasteiger partial charge in [0.25, 0.3) is 0 Å². The van der Waals surface area contributed by atoms with Crippen LogP contribution in [0.3, 0.4) is 0 Å². The van der Waals surface area contributed by atoms with E-state index in [0.29, 0.717) is 11.5 Å². The van der Waals surface area contributed by atoms with E-state index in [1.807, 2.05) is 30.3 Å². The molecule has 3 rings (SSSR count). The first kappa shape index (κ1) is 12.1. The van der Waals surface area contributed by atoms with E-state index >= 15 is 0 Å². The maximum Gasteiger partial charge on any atom is 0.177 e. The fourth-order valence-electron chi connectivity index (χ4n) is 1.68. The van der Waals surface area contributed by atoms with E-state index in [-0.39, 0.29) is 0 Å². The van der Waals surface area contributed by atoms with Crippen molar-refractivity contribution in [2.45, 2.75) is 0 Å². The zero-order chi connectivity index (χ0) is 13.8. The number of aromatic nitrogens is 4. The maximum atomic E-state index is 5.15. The van der Waals surface area contributed by atoms with E-state index in [2.05, 4.69) is 25.8 Å². The summed E-state index contributed by atoms with van der Waals surface area (Å²) < 4.78 is 6.72. The first-order valence-corrected chi connectivity index (χ1v) is 5.95. The van der Waals surface area contributed by atoms with Crippen LogP contribution in [0.15, 0.2) is 47.8 Å². The molecule has 0 unspecified atom stereocenters. The van der Waals surface area contributed by atoms with Gasteiger partial charge in [0.05, 0.1) is 13.3 Å². The molecule has 1 N–H and O–H groups in total. The van der Waals surface area contributed by atoms with Gasteiger partial charge in [-0.15, -0.1) is 15.3 Å². The third-order valence-electron chi connectivity index (χ3n) is 2.65. The molecule has 2 heterocycles. The van der Waals surface area contributed by atoms with Crippen LogP contribution >= 0.6 is 0 Å². The number of benzene rings is 1. The molecule has 0 saturated carbocycles. The molecule has 7 heteroatoms. The number of hydrogen-bond donors (Lipinski definition) is 1. The smallest absolute Gasteiger partial charge is 0.177 e. The molecule has 0 atom stereocenters. The van der Waals surface area contributed by atoms with Crippen LogP contribution in [0.25, 0.3) is 5.65 Å². The number of hydrogen-bond acceptors (Lipinski definition) is 6. The van der Waals surface area contributed by atoms with Gasteiger partial charge in [0.2, 0.25) is 0 Å². The minimum absolute atomic E-state index is 0.608. The molecule has 0 aliphatic rings. The van der Waals surface area contributed by atoms with Crippen molar-refractivity contribution in [3.05, 3.63) is 48.3 Å². The average molecular weight is 268 g/mol. The molecule has 0 bridgehead atoms. The van der Waals surface area contributed by atoms with Crippen molar-refractivity contribution in [2.75, 3.05) is 12.5 Å². The molecule has 20 heavy (non-hydrogen) atoms. The number of fused-ring (bicyclic) bond motifs is 1. The van der Waals surface area contributed by atoms with Crippen molar-refractivity contribution in [3.63, 3.8) is 0 Å². The average Bonchev–Trinajstić information content (AvgIpc) is 2.95. The van der Waals surface area contributed by atoms with Gasteiger partial charge in [-0.3, -0.25) is 5.43 Å². The van der Waals surface area contributed by atoms with E-state index in [1.54, 1.807) is 23.9 Å². The lowest BCUT2D eigenvalue weighted by molar-refractivity contribution is 0.415. The summed E-state index contributed by atoms with van der Waals surface area (Å²) in [5.74, 6) is 1.40. The number of hydrazone groups is 1. The minimum Gasteiger partial charge on any atom is -0.497 e. The molecule has 0 amide bonds. The molecule has 1 aromatic carbocycles. The van der Waals surface area contributed by atoms with Crippen LogP contribution in [-0.2, 0) is 0 Å². The molecule has 100 valence electrons. The Labute approximate surface area is 114 Å². The van der Waals surface area contributed by atoms with Crippen molar-refractivity contribution in [2.24, 2.45) is 5.10 Å². The van der Waals surface area contributed by atoms with E-state index in [4.69, 9.17) is 4.74 Å². The van der Waals surface area contributed by atoms with Crippen LogP contribution in [0.2, 0.25) is 0 Å². The SMILES string of the molecule is COc1cccc(C=NNc2ccc3nncn3n2)c1. The Morgan fingerprint density at radius 1 is 1.30 bits per heavy atom. The summed E-state index contributed by atoms with van der Waals surface area (Å²) in [4.78, 5) is 0. The highest BCUT2D eigenvalue weighted by Gasteiger charge is 1.97. The van der Waals surface area contributed by atoms with Gasteiger partial charge in [-0.25, -0.2) is 0 Å². The predicted molar refractivity (Wildman–Crippen MR) is 75.0 cm³/mol. The van der Waals surface area contributed by atoms with Crippen LogP contribution in [0, 0.1) is 0 Å². The van der Waals surface area contributed by atoms with Crippen molar-refractivity contribution in [1.82, 2.24) is 19.8 Å². The normalized spacial score (nSPS) is 11.1. The summed E-state index contributed by atoms with van der Waals surface area (Å²) in [6, 6.07) is 11.2. The number of anilines is 1. The highest BCUT2D eigenvalue weighted by molar-refractivity contribution is 5.80. The van der Waals surface area contributed by atoms with Gasteiger partial charge in [-0.05, 0) is 29.8 Å². The Bertz CT molecular complexity index is 751. The van der Waals surface area contributed by atoms with Gasteiger partial charge in [0, 0.05) is 0 Å². The molecule has 0 aliphatic carbocycles. The van der Waals surface area contributed by atoms with Crippen LogP contribution in [-0.4, -0.2) is 33.1 Å². The zero-order valence-electron chi connectivity index (χ0n) is 10.8. The topological polar surface area (TPSA) is 76.7 Å². The minimum atomic E-state index is 0.608. The van der Waals surface area contributed by atoms with E-state index in [9.17, 15) is 0 Å². The number of rotatable bonds is 4.